The first-order valence-electron chi connectivity index (χ1n) is 4.26. The van der Waals surface area contributed by atoms with Gasteiger partial charge in [0.05, 0.1) is 11.5 Å². The largest absolute Gasteiger partial charge is 0.324 e. The van der Waals surface area contributed by atoms with E-state index in [-0.39, 0.29) is 6.54 Å². The Morgan fingerprint density at radius 1 is 1.53 bits per heavy atom. The molecule has 1 aromatic carbocycles. The first-order valence-corrected chi connectivity index (χ1v) is 5.74. The van der Waals surface area contributed by atoms with E-state index in [2.05, 4.69) is 0 Å². The summed E-state index contributed by atoms with van der Waals surface area (Å²) in [4.78, 5) is 8.75. The third-order valence-corrected chi connectivity index (χ3v) is 3.22. The highest BCUT2D eigenvalue weighted by Crippen LogP contribution is 2.26. The second-order valence-electron chi connectivity index (χ2n) is 2.87. The fourth-order valence-corrected chi connectivity index (χ4v) is 2.22. The number of benzene rings is 1. The third-order valence-electron chi connectivity index (χ3n) is 1.79. The molecule has 0 radical (unpaired) electrons. The molecule has 0 amide bonds. The molecule has 0 heterocycles. The van der Waals surface area contributed by atoms with Gasteiger partial charge in [0.25, 0.3) is 0 Å². The molecule has 0 aliphatic heterocycles. The molecule has 17 heavy (non-hydrogen) atoms. The Morgan fingerprint density at radius 2 is 2.18 bits per heavy atom. The number of terminal acetylenes is 1. The van der Waals surface area contributed by atoms with Crippen LogP contribution < -0.4 is 4.72 Å². The molecule has 8 heteroatoms. The third kappa shape index (κ3) is 2.77. The maximum atomic E-state index is 13.2. The van der Waals surface area contributed by atoms with E-state index in [1.54, 1.807) is 0 Å². The van der Waals surface area contributed by atoms with Crippen LogP contribution in [-0.2, 0) is 10.0 Å². The van der Waals surface area contributed by atoms with Crippen molar-refractivity contribution in [3.63, 3.8) is 0 Å². The van der Waals surface area contributed by atoms with Gasteiger partial charge < -0.3 is 0 Å². The molecule has 0 saturated heterocycles. The summed E-state index contributed by atoms with van der Waals surface area (Å²) in [6.07, 6.45) is 4.86. The normalized spacial score (nSPS) is 10.8. The van der Waals surface area contributed by atoms with Crippen molar-refractivity contribution in [2.75, 3.05) is 6.54 Å². The Balaban J connectivity index is 3.37. The highest BCUT2D eigenvalue weighted by atomic mass is 32.2. The minimum Gasteiger partial charge on any atom is -0.258 e. The van der Waals surface area contributed by atoms with Crippen LogP contribution in [0.15, 0.2) is 23.1 Å². The van der Waals surface area contributed by atoms with Gasteiger partial charge >= 0.3 is 5.69 Å². The summed E-state index contributed by atoms with van der Waals surface area (Å²) in [5, 5.41) is 10.6. The van der Waals surface area contributed by atoms with Crippen molar-refractivity contribution in [3.05, 3.63) is 34.1 Å². The lowest BCUT2D eigenvalue weighted by Crippen LogP contribution is -2.25. The molecule has 0 bridgehead atoms. The van der Waals surface area contributed by atoms with E-state index >= 15 is 0 Å². The van der Waals surface area contributed by atoms with Crippen molar-refractivity contribution in [2.24, 2.45) is 0 Å². The lowest BCUT2D eigenvalue weighted by Gasteiger charge is -2.04. The van der Waals surface area contributed by atoms with E-state index in [1.165, 1.54) is 0 Å². The van der Waals surface area contributed by atoms with E-state index in [0.29, 0.717) is 0 Å². The minimum absolute atomic E-state index is 0.337. The van der Waals surface area contributed by atoms with Crippen molar-refractivity contribution < 1.29 is 17.7 Å². The Kier molecular flexibility index (Phi) is 3.77. The molecule has 0 unspecified atom stereocenters. The van der Waals surface area contributed by atoms with Crippen LogP contribution in [0.2, 0.25) is 0 Å². The second-order valence-corrected chi connectivity index (χ2v) is 4.61. The molecule has 0 atom stereocenters. The first-order chi connectivity index (χ1) is 7.90. The van der Waals surface area contributed by atoms with Crippen molar-refractivity contribution in [3.8, 4) is 12.3 Å². The Bertz CT molecular complexity index is 592. The van der Waals surface area contributed by atoms with E-state index in [9.17, 15) is 22.9 Å². The number of nitro benzene ring substituents is 1. The number of para-hydroxylation sites is 1. The van der Waals surface area contributed by atoms with Crippen LogP contribution in [0.3, 0.4) is 0 Å². The van der Waals surface area contributed by atoms with E-state index in [1.807, 2.05) is 10.6 Å². The van der Waals surface area contributed by atoms with Crippen LogP contribution in [0.4, 0.5) is 10.1 Å². The van der Waals surface area contributed by atoms with Gasteiger partial charge in [-0.25, -0.2) is 8.42 Å². The number of nitrogens with zero attached hydrogens (tertiary/aromatic N) is 1. The van der Waals surface area contributed by atoms with Gasteiger partial charge in [-0.15, -0.1) is 6.42 Å². The molecule has 0 saturated carbocycles. The molecule has 1 rings (SSSR count). The summed E-state index contributed by atoms with van der Waals surface area (Å²) >= 11 is 0. The highest BCUT2D eigenvalue weighted by molar-refractivity contribution is 7.89. The zero-order chi connectivity index (χ0) is 13.1. The number of rotatable bonds is 4. The molecule has 0 aliphatic rings. The fourth-order valence-electron chi connectivity index (χ4n) is 1.10. The van der Waals surface area contributed by atoms with Crippen molar-refractivity contribution >= 4 is 15.7 Å². The summed E-state index contributed by atoms with van der Waals surface area (Å²) in [5.74, 6) is 0.779. The maximum Gasteiger partial charge on any atom is 0.324 e. The monoisotopic (exact) mass is 258 g/mol. The van der Waals surface area contributed by atoms with Crippen LogP contribution in [0, 0.1) is 28.3 Å². The predicted molar refractivity (Wildman–Crippen MR) is 57.1 cm³/mol. The Labute approximate surface area is 96.7 Å². The average molecular weight is 258 g/mol. The second kappa shape index (κ2) is 4.90. The summed E-state index contributed by atoms with van der Waals surface area (Å²) in [6, 6.07) is 2.80. The summed E-state index contributed by atoms with van der Waals surface area (Å²) in [5.41, 5.74) is -1.10. The first kappa shape index (κ1) is 13.1. The quantitative estimate of drug-likeness (QED) is 0.487. The fraction of sp³-hybridized carbons (Fsp3) is 0.111. The highest BCUT2D eigenvalue weighted by Gasteiger charge is 2.28. The number of nitro groups is 1. The molecular formula is C9H7FN2O4S. The lowest BCUT2D eigenvalue weighted by molar-refractivity contribution is -0.390. The predicted octanol–water partition coefficient (Wildman–Crippen LogP) is 0.645. The SMILES string of the molecule is C#CCNS(=O)(=O)c1cccc(F)c1[N+](=O)[O-]. The summed E-state index contributed by atoms with van der Waals surface area (Å²) < 4.78 is 38.3. The van der Waals surface area contributed by atoms with Crippen LogP contribution in [-0.4, -0.2) is 19.9 Å². The van der Waals surface area contributed by atoms with Crippen LogP contribution in [0.1, 0.15) is 0 Å². The topological polar surface area (TPSA) is 89.3 Å². The van der Waals surface area contributed by atoms with Crippen molar-refractivity contribution in [1.82, 2.24) is 4.72 Å². The molecule has 1 N–H and O–H groups in total. The molecule has 6 nitrogen and oxygen atoms in total. The van der Waals surface area contributed by atoms with E-state index in [0.717, 1.165) is 18.2 Å². The van der Waals surface area contributed by atoms with Crippen molar-refractivity contribution in [1.29, 1.82) is 0 Å². The van der Waals surface area contributed by atoms with Gasteiger partial charge in [0.15, 0.2) is 4.90 Å². The van der Waals surface area contributed by atoms with Gasteiger partial charge in [-0.05, 0) is 12.1 Å². The van der Waals surface area contributed by atoms with E-state index in [4.69, 9.17) is 6.42 Å². The summed E-state index contributed by atoms with van der Waals surface area (Å²) in [7, 11) is -4.19. The lowest BCUT2D eigenvalue weighted by atomic mass is 10.3. The van der Waals surface area contributed by atoms with Gasteiger partial charge in [0.2, 0.25) is 15.8 Å². The van der Waals surface area contributed by atoms with Gasteiger partial charge in [0.1, 0.15) is 0 Å². The molecule has 0 aliphatic carbocycles. The molecule has 0 fully saturated rings. The smallest absolute Gasteiger partial charge is 0.258 e. The standard InChI is InChI=1S/C9H7FN2O4S/c1-2-6-11-17(15,16)8-5-3-4-7(10)9(8)12(13)14/h1,3-5,11H,6H2. The average Bonchev–Trinajstić information content (AvgIpc) is 2.25. The van der Waals surface area contributed by atoms with E-state index < -0.39 is 31.3 Å². The van der Waals surface area contributed by atoms with Gasteiger partial charge in [-0.1, -0.05) is 12.0 Å². The maximum absolute atomic E-state index is 13.2. The van der Waals surface area contributed by atoms with Crippen LogP contribution in [0.25, 0.3) is 0 Å². The Hall–Kier alpha value is -1.98. The number of hydrogen-bond donors (Lipinski definition) is 1. The van der Waals surface area contributed by atoms with Crippen LogP contribution >= 0.6 is 0 Å². The van der Waals surface area contributed by atoms with Crippen molar-refractivity contribution in [2.45, 2.75) is 4.90 Å². The molecule has 0 aromatic heterocycles. The molecule has 90 valence electrons. The zero-order valence-electron chi connectivity index (χ0n) is 8.38. The van der Waals surface area contributed by atoms with Gasteiger partial charge in [-0.2, -0.15) is 9.11 Å². The minimum atomic E-state index is -4.19. The molecule has 0 spiro atoms. The Morgan fingerprint density at radius 3 is 2.71 bits per heavy atom. The molecule has 1 aromatic rings. The zero-order valence-corrected chi connectivity index (χ0v) is 9.20. The number of halogens is 1. The number of hydrogen-bond acceptors (Lipinski definition) is 4. The number of nitrogens with one attached hydrogen (secondary N) is 1. The van der Waals surface area contributed by atoms with Crippen LogP contribution in [0.5, 0.6) is 0 Å². The summed E-state index contributed by atoms with van der Waals surface area (Å²) in [6.45, 7) is -0.337. The molecular weight excluding hydrogens is 251 g/mol. The van der Waals surface area contributed by atoms with Gasteiger partial charge in [0, 0.05) is 0 Å². The number of sulfonamides is 1. The van der Waals surface area contributed by atoms with Gasteiger partial charge in [-0.3, -0.25) is 10.1 Å².